The van der Waals surface area contributed by atoms with Gasteiger partial charge in [-0.3, -0.25) is 19.2 Å². The summed E-state index contributed by atoms with van der Waals surface area (Å²) < 4.78 is 0. The maximum atomic E-state index is 13.8. The number of nitrogens with one attached hydrogen (secondary N) is 5. The summed E-state index contributed by atoms with van der Waals surface area (Å²) in [6, 6.07) is 8.03. The third-order valence-corrected chi connectivity index (χ3v) is 7.09. The number of hydrogen-bond donors (Lipinski definition) is 9. The Morgan fingerprint density at radius 2 is 1.47 bits per heavy atom. The third kappa shape index (κ3) is 8.90. The zero-order valence-electron chi connectivity index (χ0n) is 24.0. The molecule has 0 aliphatic carbocycles. The van der Waals surface area contributed by atoms with Crippen LogP contribution in [0.15, 0.2) is 67.3 Å². The van der Waals surface area contributed by atoms with Crippen molar-refractivity contribution < 1.29 is 34.2 Å². The first-order valence-corrected chi connectivity index (χ1v) is 14.0. The fraction of sp³-hybridized carbons (Fsp3) is 0.267. The van der Waals surface area contributed by atoms with E-state index in [0.717, 1.165) is 10.9 Å². The number of phenolic OH excluding ortho intramolecular Hbond substituents is 1. The molecule has 0 saturated heterocycles. The van der Waals surface area contributed by atoms with Gasteiger partial charge >= 0.3 is 5.97 Å². The second-order valence-electron chi connectivity index (χ2n) is 10.5. The highest BCUT2D eigenvalue weighted by atomic mass is 16.4. The minimum atomic E-state index is -1.63. The van der Waals surface area contributed by atoms with E-state index in [1.54, 1.807) is 24.4 Å². The monoisotopic (exact) mass is 618 g/mol. The van der Waals surface area contributed by atoms with E-state index in [0.29, 0.717) is 16.8 Å². The predicted octanol–water partition coefficient (Wildman–Crippen LogP) is -0.634. The number of aromatic nitrogens is 3. The van der Waals surface area contributed by atoms with Gasteiger partial charge in [-0.1, -0.05) is 30.3 Å². The number of imidazole rings is 1. The number of aromatic amines is 2. The van der Waals surface area contributed by atoms with E-state index in [4.69, 9.17) is 11.5 Å². The van der Waals surface area contributed by atoms with Gasteiger partial charge < -0.3 is 47.6 Å². The maximum Gasteiger partial charge on any atom is 0.326 e. The van der Waals surface area contributed by atoms with Gasteiger partial charge in [0.1, 0.15) is 23.9 Å². The molecule has 11 N–H and O–H groups in total. The number of fused-ring (bicyclic) bond motifs is 1. The van der Waals surface area contributed by atoms with Gasteiger partial charge in [-0.15, -0.1) is 0 Å². The highest BCUT2D eigenvalue weighted by Gasteiger charge is 2.32. The molecule has 0 saturated carbocycles. The summed E-state index contributed by atoms with van der Waals surface area (Å²) in [4.78, 5) is 73.4. The Hall–Kier alpha value is -5.70. The van der Waals surface area contributed by atoms with Crippen LogP contribution in [0.1, 0.15) is 23.2 Å². The lowest BCUT2D eigenvalue weighted by atomic mass is 10.0. The minimum Gasteiger partial charge on any atom is -0.508 e. The lowest BCUT2D eigenvalue weighted by molar-refractivity contribution is -0.143. The van der Waals surface area contributed by atoms with E-state index in [9.17, 15) is 34.2 Å². The molecule has 0 radical (unpaired) electrons. The lowest BCUT2D eigenvalue weighted by Crippen LogP contribution is -2.58. The maximum absolute atomic E-state index is 13.8. The van der Waals surface area contributed by atoms with Crippen LogP contribution < -0.4 is 27.4 Å². The Morgan fingerprint density at radius 1 is 0.822 bits per heavy atom. The van der Waals surface area contributed by atoms with E-state index in [1.807, 2.05) is 18.2 Å². The average molecular weight is 619 g/mol. The number of hydrogen-bond acceptors (Lipinski definition) is 8. The summed E-state index contributed by atoms with van der Waals surface area (Å²) in [7, 11) is 0. The Balaban J connectivity index is 1.60. The fourth-order valence-electron chi connectivity index (χ4n) is 4.76. The van der Waals surface area contributed by atoms with Crippen molar-refractivity contribution in [2.24, 2.45) is 11.5 Å². The number of para-hydroxylation sites is 1. The predicted molar refractivity (Wildman–Crippen MR) is 161 cm³/mol. The first-order valence-electron chi connectivity index (χ1n) is 14.0. The number of primary amides is 1. The highest BCUT2D eigenvalue weighted by molar-refractivity contribution is 5.95. The number of carbonyl (C=O) groups is 5. The number of carboxylic acids is 1. The number of aromatic hydroxyl groups is 1. The zero-order valence-corrected chi connectivity index (χ0v) is 24.0. The van der Waals surface area contributed by atoms with Crippen molar-refractivity contribution in [3.05, 3.63) is 84.1 Å². The molecule has 4 rings (SSSR count). The van der Waals surface area contributed by atoms with Crippen LogP contribution in [0.3, 0.4) is 0 Å². The molecule has 2 aromatic carbocycles. The van der Waals surface area contributed by atoms with Crippen LogP contribution in [0.25, 0.3) is 10.9 Å². The number of H-pyrrole nitrogens is 2. The molecule has 15 heteroatoms. The van der Waals surface area contributed by atoms with Crippen molar-refractivity contribution in [1.82, 2.24) is 30.9 Å². The quantitative estimate of drug-likeness (QED) is 0.0820. The molecular formula is C30H34N8O7. The van der Waals surface area contributed by atoms with E-state index >= 15 is 0 Å². The molecule has 4 atom stereocenters. The van der Waals surface area contributed by atoms with Gasteiger partial charge in [-0.05, 0) is 29.3 Å². The van der Waals surface area contributed by atoms with Crippen LogP contribution in [0, 0.1) is 0 Å². The Morgan fingerprint density at radius 3 is 2.11 bits per heavy atom. The molecule has 4 unspecified atom stereocenters. The van der Waals surface area contributed by atoms with Gasteiger partial charge in [-0.25, -0.2) is 9.78 Å². The number of aliphatic carboxylic acids is 1. The highest BCUT2D eigenvalue weighted by Crippen LogP contribution is 2.20. The number of phenols is 1. The number of carboxylic acid groups (broad SMARTS) is 1. The number of nitrogens with two attached hydrogens (primary N) is 2. The fourth-order valence-corrected chi connectivity index (χ4v) is 4.76. The summed E-state index contributed by atoms with van der Waals surface area (Å²) in [6.07, 6.45) is 3.98. The van der Waals surface area contributed by atoms with E-state index in [2.05, 4.69) is 30.9 Å². The van der Waals surface area contributed by atoms with Crippen LogP contribution in [0.2, 0.25) is 0 Å². The number of amides is 4. The molecule has 4 amide bonds. The van der Waals surface area contributed by atoms with Crippen molar-refractivity contribution in [2.45, 2.75) is 49.9 Å². The Labute approximate surface area is 256 Å². The van der Waals surface area contributed by atoms with E-state index in [1.165, 1.54) is 24.7 Å². The summed E-state index contributed by atoms with van der Waals surface area (Å²) in [6.45, 7) is 0. The first kappa shape index (κ1) is 32.2. The number of nitrogens with zero attached hydrogens (tertiary/aromatic N) is 1. The molecule has 15 nitrogen and oxygen atoms in total. The molecule has 2 aromatic heterocycles. The molecule has 0 aliphatic rings. The van der Waals surface area contributed by atoms with Gasteiger partial charge in [0.15, 0.2) is 0 Å². The second kappa shape index (κ2) is 14.7. The molecule has 236 valence electrons. The first-order chi connectivity index (χ1) is 21.5. The molecule has 0 bridgehead atoms. The van der Waals surface area contributed by atoms with E-state index < -0.39 is 60.2 Å². The standard InChI is InChI=1S/C30H34N8O7/c31-21(11-18-14-33-15-35-18)27(41)36-23(9-16-5-7-19(39)8-6-16)28(42)37-24(29(43)38-25(30(44)45)12-26(32)40)10-17-13-34-22-4-2-1-3-20(17)22/h1-8,13-15,21,23-25,34,39H,9-12,31H2,(H2,32,40)(H,33,35)(H,36,41)(H,37,42)(H,38,43)(H,44,45). The minimum absolute atomic E-state index is 0.00442. The van der Waals surface area contributed by atoms with Crippen molar-refractivity contribution in [3.8, 4) is 5.75 Å². The Bertz CT molecular complexity index is 1650. The van der Waals surface area contributed by atoms with Crippen LogP contribution in [0.5, 0.6) is 5.75 Å². The van der Waals surface area contributed by atoms with Gasteiger partial charge in [0.2, 0.25) is 23.6 Å². The molecule has 45 heavy (non-hydrogen) atoms. The van der Waals surface area contributed by atoms with Crippen LogP contribution >= 0.6 is 0 Å². The van der Waals surface area contributed by atoms with Crippen LogP contribution in [-0.2, 0) is 43.2 Å². The smallest absolute Gasteiger partial charge is 0.326 e. The molecule has 4 aromatic rings. The van der Waals surface area contributed by atoms with Gasteiger partial charge in [-0.2, -0.15) is 0 Å². The largest absolute Gasteiger partial charge is 0.508 e. The molecule has 2 heterocycles. The number of benzene rings is 2. The molecule has 0 fully saturated rings. The molecule has 0 spiro atoms. The topological polar surface area (TPSA) is 258 Å². The van der Waals surface area contributed by atoms with Crippen molar-refractivity contribution in [2.75, 3.05) is 0 Å². The normalized spacial score (nSPS) is 13.7. The van der Waals surface area contributed by atoms with Crippen LogP contribution in [0.4, 0.5) is 0 Å². The van der Waals surface area contributed by atoms with Gasteiger partial charge in [0.05, 0.1) is 18.8 Å². The van der Waals surface area contributed by atoms with Crippen molar-refractivity contribution in [1.29, 1.82) is 0 Å². The van der Waals surface area contributed by atoms with Crippen LogP contribution in [-0.4, -0.2) is 78.9 Å². The average Bonchev–Trinajstić information content (AvgIpc) is 3.67. The summed E-state index contributed by atoms with van der Waals surface area (Å²) in [5.41, 5.74) is 13.9. The summed E-state index contributed by atoms with van der Waals surface area (Å²) in [5, 5.41) is 27.6. The Kier molecular flexibility index (Phi) is 10.5. The third-order valence-electron chi connectivity index (χ3n) is 7.09. The SMILES string of the molecule is NC(=O)CC(NC(=O)C(Cc1c[nH]c2ccccc12)NC(=O)C(Cc1ccc(O)cc1)NC(=O)C(N)Cc1cnc[nH]1)C(=O)O. The summed E-state index contributed by atoms with van der Waals surface area (Å²) in [5.74, 6) is -4.70. The van der Waals surface area contributed by atoms with Gasteiger partial charge in [0, 0.05) is 48.3 Å². The second-order valence-corrected chi connectivity index (χ2v) is 10.5. The lowest BCUT2D eigenvalue weighted by Gasteiger charge is -2.25. The molecular weight excluding hydrogens is 584 g/mol. The van der Waals surface area contributed by atoms with Crippen molar-refractivity contribution in [3.63, 3.8) is 0 Å². The summed E-state index contributed by atoms with van der Waals surface area (Å²) >= 11 is 0. The van der Waals surface area contributed by atoms with Gasteiger partial charge in [0.25, 0.3) is 0 Å². The zero-order chi connectivity index (χ0) is 32.5. The van der Waals surface area contributed by atoms with E-state index in [-0.39, 0.29) is 25.0 Å². The van der Waals surface area contributed by atoms with Crippen molar-refractivity contribution >= 4 is 40.5 Å². The number of carbonyl (C=O) groups excluding carboxylic acids is 4. The molecule has 0 aliphatic heterocycles. The number of rotatable bonds is 15.